The van der Waals surface area contributed by atoms with E-state index in [1.165, 1.54) is 0 Å². The Kier molecular flexibility index (Phi) is 8.39. The van der Waals surface area contributed by atoms with Gasteiger partial charge in [0.15, 0.2) is 0 Å². The molecule has 0 aliphatic heterocycles. The van der Waals surface area contributed by atoms with E-state index in [-0.39, 0.29) is 35.9 Å². The molecule has 0 aliphatic rings. The van der Waals surface area contributed by atoms with E-state index in [9.17, 15) is 10.2 Å². The van der Waals surface area contributed by atoms with Crippen LogP contribution in [0.2, 0.25) is 0 Å². The Morgan fingerprint density at radius 3 is 0.909 bits per heavy atom. The van der Waals surface area contributed by atoms with Crippen LogP contribution >= 0.6 is 0 Å². The van der Waals surface area contributed by atoms with Gasteiger partial charge in [-0.1, -0.05) is 13.8 Å². The quantitative estimate of drug-likeness (QED) is 0.417. The van der Waals surface area contributed by atoms with Crippen LogP contribution in [0.25, 0.3) is 0 Å². The summed E-state index contributed by atoms with van der Waals surface area (Å²) in [6.07, 6.45) is -0.478. The van der Waals surface area contributed by atoms with Crippen LogP contribution in [0.5, 0.6) is 34.5 Å². The smallest absolute Gasteiger partial charge is 0.131 e. The van der Waals surface area contributed by atoms with Crippen molar-refractivity contribution in [3.8, 4) is 34.5 Å². The first kappa shape index (κ1) is 26.5. The second kappa shape index (κ2) is 10.4. The minimum absolute atomic E-state index is 0.0591. The number of phenolic OH excluding ortho intramolecular Hbond substituents is 2. The fourth-order valence-electron chi connectivity index (χ4n) is 3.90. The molecular formula is C27H40O6. The molecule has 0 heterocycles. The maximum atomic E-state index is 10.4. The molecule has 0 unspecified atom stereocenters. The van der Waals surface area contributed by atoms with Crippen LogP contribution in [-0.4, -0.2) is 34.6 Å². The molecule has 0 fully saturated rings. The standard InChI is InChI=1S/C27H40O6/c1-15(2)30-21-11-19(28)12-22(31-16(3)4)25(21)27(9,10)26-23(32-17(5)6)13-20(29)14-24(26)33-18(7)8/h11-18,28-29H,1-10H3. The van der Waals surface area contributed by atoms with Gasteiger partial charge in [-0.15, -0.1) is 0 Å². The SMILES string of the molecule is CC(C)Oc1cc(O)cc(OC(C)C)c1C(C)(C)c1c(OC(C)C)cc(O)cc1OC(C)C. The molecule has 0 saturated carbocycles. The summed E-state index contributed by atoms with van der Waals surface area (Å²) in [7, 11) is 0. The van der Waals surface area contributed by atoms with E-state index in [1.807, 2.05) is 69.2 Å². The van der Waals surface area contributed by atoms with Gasteiger partial charge in [-0.3, -0.25) is 0 Å². The Morgan fingerprint density at radius 2 is 0.727 bits per heavy atom. The third-order valence-corrected chi connectivity index (χ3v) is 4.80. The van der Waals surface area contributed by atoms with E-state index in [1.54, 1.807) is 24.3 Å². The van der Waals surface area contributed by atoms with Gasteiger partial charge in [-0.05, 0) is 55.4 Å². The number of aromatic hydroxyl groups is 2. The summed E-state index contributed by atoms with van der Waals surface area (Å²) >= 11 is 0. The lowest BCUT2D eigenvalue weighted by atomic mass is 9.75. The van der Waals surface area contributed by atoms with Crippen LogP contribution in [0.3, 0.4) is 0 Å². The maximum absolute atomic E-state index is 10.4. The zero-order chi connectivity index (χ0) is 25.1. The predicted octanol–water partition coefficient (Wildman–Crippen LogP) is 6.57. The second-order valence-corrected chi connectivity index (χ2v) is 9.93. The van der Waals surface area contributed by atoms with E-state index >= 15 is 0 Å². The van der Waals surface area contributed by atoms with Crippen LogP contribution in [0.1, 0.15) is 80.4 Å². The molecule has 33 heavy (non-hydrogen) atoms. The number of hydrogen-bond donors (Lipinski definition) is 2. The van der Waals surface area contributed by atoms with E-state index in [2.05, 4.69) is 0 Å². The van der Waals surface area contributed by atoms with Crippen molar-refractivity contribution in [3.63, 3.8) is 0 Å². The molecule has 0 bridgehead atoms. The number of benzene rings is 2. The monoisotopic (exact) mass is 460 g/mol. The molecule has 2 aromatic rings. The lowest BCUT2D eigenvalue weighted by molar-refractivity contribution is 0.209. The molecule has 2 rings (SSSR count). The molecule has 2 N–H and O–H groups in total. The second-order valence-electron chi connectivity index (χ2n) is 9.93. The molecular weight excluding hydrogens is 420 g/mol. The molecule has 6 heteroatoms. The van der Waals surface area contributed by atoms with Gasteiger partial charge in [0.1, 0.15) is 34.5 Å². The Hall–Kier alpha value is -2.76. The Bertz CT molecular complexity index is 806. The van der Waals surface area contributed by atoms with Crippen molar-refractivity contribution in [1.82, 2.24) is 0 Å². The van der Waals surface area contributed by atoms with E-state index < -0.39 is 5.41 Å². The molecule has 2 aromatic carbocycles. The van der Waals surface area contributed by atoms with Gasteiger partial charge in [0, 0.05) is 40.8 Å². The van der Waals surface area contributed by atoms with E-state index in [4.69, 9.17) is 18.9 Å². The molecule has 184 valence electrons. The van der Waals surface area contributed by atoms with Gasteiger partial charge < -0.3 is 29.2 Å². The van der Waals surface area contributed by atoms with Gasteiger partial charge in [0.25, 0.3) is 0 Å². The number of ether oxygens (including phenoxy) is 4. The van der Waals surface area contributed by atoms with Gasteiger partial charge in [-0.2, -0.15) is 0 Å². The van der Waals surface area contributed by atoms with Gasteiger partial charge >= 0.3 is 0 Å². The highest BCUT2D eigenvalue weighted by Gasteiger charge is 2.38. The van der Waals surface area contributed by atoms with Crippen LogP contribution in [0.15, 0.2) is 24.3 Å². The van der Waals surface area contributed by atoms with Crippen molar-refractivity contribution in [2.75, 3.05) is 0 Å². The maximum Gasteiger partial charge on any atom is 0.131 e. The van der Waals surface area contributed by atoms with E-state index in [0.29, 0.717) is 23.0 Å². The lowest BCUT2D eigenvalue weighted by Crippen LogP contribution is -2.26. The zero-order valence-corrected chi connectivity index (χ0v) is 21.6. The van der Waals surface area contributed by atoms with Crippen molar-refractivity contribution in [1.29, 1.82) is 0 Å². The highest BCUT2D eigenvalue weighted by Crippen LogP contribution is 2.52. The minimum Gasteiger partial charge on any atom is -0.508 e. The molecule has 0 atom stereocenters. The third kappa shape index (κ3) is 6.62. The van der Waals surface area contributed by atoms with Crippen molar-refractivity contribution in [2.24, 2.45) is 0 Å². The first-order valence-electron chi connectivity index (χ1n) is 11.6. The highest BCUT2D eigenvalue weighted by molar-refractivity contribution is 5.63. The normalized spacial score (nSPS) is 12.1. The van der Waals surface area contributed by atoms with Crippen molar-refractivity contribution >= 4 is 0 Å². The predicted molar refractivity (Wildman–Crippen MR) is 131 cm³/mol. The number of phenols is 2. The van der Waals surface area contributed by atoms with Gasteiger partial charge in [0.05, 0.1) is 24.4 Å². The van der Waals surface area contributed by atoms with Crippen LogP contribution in [-0.2, 0) is 5.41 Å². The topological polar surface area (TPSA) is 77.4 Å². The summed E-state index contributed by atoms with van der Waals surface area (Å²) in [5, 5.41) is 20.8. The summed E-state index contributed by atoms with van der Waals surface area (Å²) in [6, 6.07) is 6.43. The Morgan fingerprint density at radius 1 is 0.515 bits per heavy atom. The molecule has 0 spiro atoms. The molecule has 0 aromatic heterocycles. The van der Waals surface area contributed by atoms with Crippen LogP contribution in [0.4, 0.5) is 0 Å². The first-order chi connectivity index (χ1) is 15.2. The van der Waals surface area contributed by atoms with Crippen molar-refractivity contribution in [3.05, 3.63) is 35.4 Å². The first-order valence-corrected chi connectivity index (χ1v) is 11.6. The molecule has 6 nitrogen and oxygen atoms in total. The van der Waals surface area contributed by atoms with Crippen LogP contribution < -0.4 is 18.9 Å². The lowest BCUT2D eigenvalue weighted by Gasteiger charge is -2.34. The summed E-state index contributed by atoms with van der Waals surface area (Å²) in [5.41, 5.74) is 0.774. The average molecular weight is 461 g/mol. The van der Waals surface area contributed by atoms with Crippen LogP contribution in [0, 0.1) is 0 Å². The van der Waals surface area contributed by atoms with Crippen molar-refractivity contribution in [2.45, 2.75) is 99.1 Å². The largest absolute Gasteiger partial charge is 0.508 e. The summed E-state index contributed by atoms with van der Waals surface area (Å²) in [5.74, 6) is 2.19. The fourth-order valence-corrected chi connectivity index (χ4v) is 3.90. The fraction of sp³-hybridized carbons (Fsp3) is 0.556. The number of rotatable bonds is 10. The number of hydrogen-bond acceptors (Lipinski definition) is 6. The minimum atomic E-state index is -0.746. The molecule has 0 aliphatic carbocycles. The molecule has 0 saturated heterocycles. The summed E-state index contributed by atoms with van der Waals surface area (Å²) in [4.78, 5) is 0. The zero-order valence-electron chi connectivity index (χ0n) is 21.6. The summed E-state index contributed by atoms with van der Waals surface area (Å²) < 4.78 is 24.6. The van der Waals surface area contributed by atoms with Gasteiger partial charge in [0.2, 0.25) is 0 Å². The Labute approximate surface area is 198 Å². The summed E-state index contributed by atoms with van der Waals surface area (Å²) in [6.45, 7) is 19.6. The van der Waals surface area contributed by atoms with Crippen molar-refractivity contribution < 1.29 is 29.2 Å². The van der Waals surface area contributed by atoms with Gasteiger partial charge in [-0.25, -0.2) is 0 Å². The Balaban J connectivity index is 2.92. The highest BCUT2D eigenvalue weighted by atomic mass is 16.5. The third-order valence-electron chi connectivity index (χ3n) is 4.80. The molecule has 0 amide bonds. The molecule has 0 radical (unpaired) electrons. The average Bonchev–Trinajstić information content (AvgIpc) is 2.57. The van der Waals surface area contributed by atoms with E-state index in [0.717, 1.165) is 11.1 Å².